The molecular formula is C23H31N3O3. The Hall–Kier alpha value is -2.62. The fourth-order valence-corrected chi connectivity index (χ4v) is 3.95. The summed E-state index contributed by atoms with van der Waals surface area (Å²) in [5.74, 6) is 2.03. The third kappa shape index (κ3) is 6.74. The molecule has 6 nitrogen and oxygen atoms in total. The summed E-state index contributed by atoms with van der Waals surface area (Å²) in [6.45, 7) is 6.91. The summed E-state index contributed by atoms with van der Waals surface area (Å²) in [5.41, 5.74) is 1.21. The van der Waals surface area contributed by atoms with Crippen molar-refractivity contribution in [1.82, 2.24) is 9.88 Å². The standard InChI is InChI=1S/C14H20N2O2.C7H5NO.C2H6/c17-12-4-5-13(15-6-12)14(18)9-16-7-10-2-1-3-11(10)8-16;8-5-6-1-3-7(9)4-2-6;1-2/h4-6,10-11,14,17-18H,1-3,7-9H2;1-4,9H;1-2H3. The molecule has 1 aliphatic heterocycles. The van der Waals surface area contributed by atoms with Crippen molar-refractivity contribution >= 4 is 0 Å². The van der Waals surface area contributed by atoms with E-state index in [0.717, 1.165) is 24.9 Å². The highest BCUT2D eigenvalue weighted by molar-refractivity contribution is 5.33. The number of likely N-dealkylation sites (tertiary alicyclic amines) is 1. The van der Waals surface area contributed by atoms with Crippen LogP contribution in [0.5, 0.6) is 11.5 Å². The van der Waals surface area contributed by atoms with Gasteiger partial charge in [0.25, 0.3) is 0 Å². The number of aromatic hydroxyl groups is 2. The normalized spacial score (nSPS) is 21.0. The molecule has 6 heteroatoms. The number of benzene rings is 1. The van der Waals surface area contributed by atoms with Gasteiger partial charge in [0.1, 0.15) is 17.6 Å². The fourth-order valence-electron chi connectivity index (χ4n) is 3.95. The van der Waals surface area contributed by atoms with Crippen LogP contribution in [0.3, 0.4) is 0 Å². The zero-order valence-corrected chi connectivity index (χ0v) is 17.2. The fraction of sp³-hybridized carbons (Fsp3) is 0.478. The lowest BCUT2D eigenvalue weighted by molar-refractivity contribution is 0.118. The Balaban J connectivity index is 0.000000231. The predicted octanol–water partition coefficient (Wildman–Crippen LogP) is 3.84. The van der Waals surface area contributed by atoms with Gasteiger partial charge in [-0.1, -0.05) is 20.3 Å². The number of aromatic nitrogens is 1. The van der Waals surface area contributed by atoms with Gasteiger partial charge in [-0.15, -0.1) is 0 Å². The van der Waals surface area contributed by atoms with Crippen LogP contribution in [-0.2, 0) is 0 Å². The molecular weight excluding hydrogens is 366 g/mol. The Kier molecular flexibility index (Phi) is 8.91. The van der Waals surface area contributed by atoms with Gasteiger partial charge < -0.3 is 15.3 Å². The molecule has 2 aromatic rings. The van der Waals surface area contributed by atoms with Gasteiger partial charge in [-0.2, -0.15) is 5.26 Å². The Morgan fingerprint density at radius 3 is 2.14 bits per heavy atom. The lowest BCUT2D eigenvalue weighted by Crippen LogP contribution is -2.27. The molecule has 1 aliphatic carbocycles. The molecule has 0 bridgehead atoms. The van der Waals surface area contributed by atoms with Crippen molar-refractivity contribution in [2.45, 2.75) is 39.2 Å². The van der Waals surface area contributed by atoms with Crippen molar-refractivity contribution in [3.05, 3.63) is 53.9 Å². The first-order valence-corrected chi connectivity index (χ1v) is 10.3. The van der Waals surface area contributed by atoms with Crippen molar-refractivity contribution in [2.24, 2.45) is 11.8 Å². The molecule has 156 valence electrons. The number of nitriles is 1. The van der Waals surface area contributed by atoms with Crippen LogP contribution in [0.15, 0.2) is 42.6 Å². The molecule has 1 saturated heterocycles. The van der Waals surface area contributed by atoms with E-state index in [2.05, 4.69) is 9.88 Å². The Morgan fingerprint density at radius 1 is 1.03 bits per heavy atom. The highest BCUT2D eigenvalue weighted by atomic mass is 16.3. The van der Waals surface area contributed by atoms with Gasteiger partial charge in [0.2, 0.25) is 0 Å². The van der Waals surface area contributed by atoms with Crippen LogP contribution in [-0.4, -0.2) is 44.8 Å². The Labute approximate surface area is 173 Å². The minimum atomic E-state index is -0.551. The van der Waals surface area contributed by atoms with Crippen LogP contribution in [0.1, 0.15) is 50.5 Å². The monoisotopic (exact) mass is 397 g/mol. The van der Waals surface area contributed by atoms with E-state index in [1.165, 1.54) is 37.6 Å². The molecule has 0 amide bonds. The zero-order valence-electron chi connectivity index (χ0n) is 17.2. The van der Waals surface area contributed by atoms with Crippen LogP contribution >= 0.6 is 0 Å². The second kappa shape index (κ2) is 11.4. The minimum Gasteiger partial charge on any atom is -0.508 e. The largest absolute Gasteiger partial charge is 0.508 e. The van der Waals surface area contributed by atoms with Crippen LogP contribution in [0.25, 0.3) is 0 Å². The van der Waals surface area contributed by atoms with E-state index in [9.17, 15) is 10.2 Å². The minimum absolute atomic E-state index is 0.140. The molecule has 2 heterocycles. The summed E-state index contributed by atoms with van der Waals surface area (Å²) in [6, 6.07) is 11.3. The van der Waals surface area contributed by atoms with Crippen molar-refractivity contribution in [1.29, 1.82) is 5.26 Å². The number of hydrogen-bond donors (Lipinski definition) is 3. The van der Waals surface area contributed by atoms with Crippen LogP contribution in [0, 0.1) is 23.2 Å². The number of hydrogen-bond acceptors (Lipinski definition) is 6. The highest BCUT2D eigenvalue weighted by Crippen LogP contribution is 2.38. The number of pyridine rings is 1. The van der Waals surface area contributed by atoms with Gasteiger partial charge in [0.15, 0.2) is 0 Å². The maximum absolute atomic E-state index is 10.1. The smallest absolute Gasteiger partial charge is 0.133 e. The first-order valence-electron chi connectivity index (χ1n) is 10.3. The quantitative estimate of drug-likeness (QED) is 0.727. The van der Waals surface area contributed by atoms with Crippen molar-refractivity contribution in [3.63, 3.8) is 0 Å². The number of aliphatic hydroxyl groups is 1. The molecule has 1 aromatic heterocycles. The summed E-state index contributed by atoms with van der Waals surface area (Å²) in [5, 5.41) is 36.4. The summed E-state index contributed by atoms with van der Waals surface area (Å²) in [6.07, 6.45) is 4.93. The second-order valence-corrected chi connectivity index (χ2v) is 7.29. The summed E-state index contributed by atoms with van der Waals surface area (Å²) in [7, 11) is 0. The SMILES string of the molecule is CC.N#Cc1ccc(O)cc1.Oc1ccc(C(O)CN2CC3CCCC3C2)nc1. The molecule has 1 aromatic carbocycles. The molecule has 3 atom stereocenters. The first-order chi connectivity index (χ1) is 14.0. The van der Waals surface area contributed by atoms with E-state index in [4.69, 9.17) is 10.4 Å². The van der Waals surface area contributed by atoms with Gasteiger partial charge in [-0.3, -0.25) is 9.88 Å². The lowest BCUT2D eigenvalue weighted by atomic mass is 10.0. The van der Waals surface area contributed by atoms with E-state index >= 15 is 0 Å². The van der Waals surface area contributed by atoms with Crippen LogP contribution < -0.4 is 0 Å². The van der Waals surface area contributed by atoms with Crippen LogP contribution in [0.4, 0.5) is 0 Å². The number of rotatable bonds is 3. The van der Waals surface area contributed by atoms with Gasteiger partial charge in [0.05, 0.1) is 23.5 Å². The first kappa shape index (κ1) is 22.7. The van der Waals surface area contributed by atoms with E-state index < -0.39 is 6.10 Å². The third-order valence-electron chi connectivity index (χ3n) is 5.34. The van der Waals surface area contributed by atoms with E-state index in [1.54, 1.807) is 24.3 Å². The zero-order chi connectivity index (χ0) is 21.2. The van der Waals surface area contributed by atoms with E-state index in [1.807, 2.05) is 19.9 Å². The topological polar surface area (TPSA) is 101 Å². The molecule has 3 N–H and O–H groups in total. The maximum atomic E-state index is 10.1. The van der Waals surface area contributed by atoms with Gasteiger partial charge in [-0.25, -0.2) is 0 Å². The predicted molar refractivity (Wildman–Crippen MR) is 112 cm³/mol. The molecule has 1 saturated carbocycles. The molecule has 0 spiro atoms. The number of β-amino-alcohol motifs (C(OH)–C–C–N with tert-alkyl or cyclic N) is 1. The van der Waals surface area contributed by atoms with Gasteiger partial charge >= 0.3 is 0 Å². The van der Waals surface area contributed by atoms with Crippen molar-refractivity contribution in [3.8, 4) is 17.6 Å². The number of phenols is 1. The molecule has 2 aliphatic rings. The molecule has 2 fully saturated rings. The Bertz CT molecular complexity index is 759. The molecule has 29 heavy (non-hydrogen) atoms. The van der Waals surface area contributed by atoms with Gasteiger partial charge in [0, 0.05) is 19.6 Å². The molecule has 0 radical (unpaired) electrons. The summed E-state index contributed by atoms with van der Waals surface area (Å²) < 4.78 is 0. The third-order valence-corrected chi connectivity index (χ3v) is 5.34. The number of aliphatic hydroxyl groups excluding tert-OH is 1. The Morgan fingerprint density at radius 2 is 1.62 bits per heavy atom. The average Bonchev–Trinajstić information content (AvgIpc) is 3.33. The number of phenolic OH excluding ortho intramolecular Hbond substituents is 1. The lowest BCUT2D eigenvalue weighted by Gasteiger charge is -2.20. The van der Waals surface area contributed by atoms with Crippen LogP contribution in [0.2, 0.25) is 0 Å². The van der Waals surface area contributed by atoms with Crippen molar-refractivity contribution < 1.29 is 15.3 Å². The van der Waals surface area contributed by atoms with E-state index in [0.29, 0.717) is 17.8 Å². The maximum Gasteiger partial charge on any atom is 0.133 e. The highest BCUT2D eigenvalue weighted by Gasteiger charge is 2.36. The average molecular weight is 398 g/mol. The molecule has 3 unspecified atom stereocenters. The number of fused-ring (bicyclic) bond motifs is 1. The second-order valence-electron chi connectivity index (χ2n) is 7.29. The van der Waals surface area contributed by atoms with Gasteiger partial charge in [-0.05, 0) is 61.1 Å². The van der Waals surface area contributed by atoms with E-state index in [-0.39, 0.29) is 11.5 Å². The number of nitrogens with zero attached hydrogens (tertiary/aromatic N) is 3. The van der Waals surface area contributed by atoms with Crippen molar-refractivity contribution in [2.75, 3.05) is 19.6 Å². The summed E-state index contributed by atoms with van der Waals surface area (Å²) >= 11 is 0. The summed E-state index contributed by atoms with van der Waals surface area (Å²) in [4.78, 5) is 6.42. The molecule has 4 rings (SSSR count).